The first-order valence-electron chi connectivity index (χ1n) is 10.9. The predicted octanol–water partition coefficient (Wildman–Crippen LogP) is 4.25. The van der Waals surface area contributed by atoms with Gasteiger partial charge in [0.25, 0.3) is 5.91 Å². The number of carbonyl (C=O) groups excluding carboxylic acids is 2. The first-order chi connectivity index (χ1) is 15.8. The smallest absolute Gasteiger partial charge is 0.254 e. The van der Waals surface area contributed by atoms with E-state index in [9.17, 15) is 18.0 Å². The number of piperazine rings is 1. The molecule has 1 aromatic heterocycles. The molecule has 1 fully saturated rings. The van der Waals surface area contributed by atoms with Crippen LogP contribution in [0.4, 0.5) is 0 Å². The van der Waals surface area contributed by atoms with Crippen molar-refractivity contribution in [2.24, 2.45) is 0 Å². The summed E-state index contributed by atoms with van der Waals surface area (Å²) in [5.74, 6) is -0.111. The molecule has 1 amide bonds. The summed E-state index contributed by atoms with van der Waals surface area (Å²) in [5, 5.41) is 1.83. The highest BCUT2D eigenvalue weighted by Gasteiger charge is 2.31. The molecule has 0 bridgehead atoms. The average molecular weight is 483 g/mol. The number of ketones is 1. The summed E-state index contributed by atoms with van der Waals surface area (Å²) in [4.78, 5) is 28.6. The Bertz CT molecular complexity index is 1240. The molecule has 172 valence electrons. The maximum atomic E-state index is 13.2. The molecular weight excluding hydrogens is 456 g/mol. The molecule has 2 heterocycles. The van der Waals surface area contributed by atoms with Crippen LogP contribution in [0.1, 0.15) is 50.9 Å². The van der Waals surface area contributed by atoms with E-state index in [0.29, 0.717) is 21.9 Å². The van der Waals surface area contributed by atoms with E-state index in [2.05, 4.69) is 13.8 Å². The van der Waals surface area contributed by atoms with Crippen molar-refractivity contribution in [2.45, 2.75) is 24.7 Å². The molecule has 0 saturated carbocycles. The molecule has 1 aliphatic heterocycles. The van der Waals surface area contributed by atoms with Gasteiger partial charge in [0.15, 0.2) is 0 Å². The fourth-order valence-electron chi connectivity index (χ4n) is 3.88. The number of benzene rings is 2. The first kappa shape index (κ1) is 23.4. The largest absolute Gasteiger partial charge is 0.336 e. The molecule has 0 unspecified atom stereocenters. The first-order valence-corrected chi connectivity index (χ1v) is 13.2. The highest BCUT2D eigenvalue weighted by molar-refractivity contribution is 7.89. The zero-order valence-corrected chi connectivity index (χ0v) is 20.2. The van der Waals surface area contributed by atoms with Gasteiger partial charge in [-0.15, -0.1) is 11.3 Å². The van der Waals surface area contributed by atoms with E-state index in [1.807, 2.05) is 17.5 Å². The molecule has 0 spiro atoms. The van der Waals surface area contributed by atoms with Gasteiger partial charge in [0.2, 0.25) is 15.8 Å². The zero-order chi connectivity index (χ0) is 23.6. The van der Waals surface area contributed by atoms with Gasteiger partial charge in [-0.3, -0.25) is 9.59 Å². The number of hydrogen-bond acceptors (Lipinski definition) is 5. The van der Waals surface area contributed by atoms with Gasteiger partial charge in [-0.05, 0) is 41.1 Å². The van der Waals surface area contributed by atoms with Gasteiger partial charge < -0.3 is 4.90 Å². The maximum Gasteiger partial charge on any atom is 0.254 e. The van der Waals surface area contributed by atoms with Gasteiger partial charge in [0, 0.05) is 31.7 Å². The second-order valence-electron chi connectivity index (χ2n) is 8.27. The van der Waals surface area contributed by atoms with Crippen molar-refractivity contribution in [1.82, 2.24) is 9.21 Å². The lowest BCUT2D eigenvalue weighted by Crippen LogP contribution is -2.50. The van der Waals surface area contributed by atoms with Gasteiger partial charge in [-0.1, -0.05) is 50.2 Å². The normalized spacial score (nSPS) is 15.1. The van der Waals surface area contributed by atoms with Gasteiger partial charge >= 0.3 is 0 Å². The summed E-state index contributed by atoms with van der Waals surface area (Å²) in [7, 11) is -3.63. The molecule has 2 aromatic carbocycles. The standard InChI is InChI=1S/C25H26N2O4S2/c1-18(2)19-9-11-20(12-10-19)33(30,31)27-15-13-26(14-16-27)25(29)22-7-4-3-6-21(22)24(28)23-8-5-17-32-23/h3-12,17-18H,13-16H2,1-2H3. The van der Waals surface area contributed by atoms with Crippen molar-refractivity contribution in [1.29, 1.82) is 0 Å². The van der Waals surface area contributed by atoms with Crippen molar-refractivity contribution in [3.8, 4) is 0 Å². The summed E-state index contributed by atoms with van der Waals surface area (Å²) in [5.41, 5.74) is 1.79. The topological polar surface area (TPSA) is 74.8 Å². The van der Waals surface area contributed by atoms with Crippen LogP contribution in [0.5, 0.6) is 0 Å². The molecule has 4 rings (SSSR count). The number of thiophene rings is 1. The summed E-state index contributed by atoms with van der Waals surface area (Å²) in [6.07, 6.45) is 0. The van der Waals surface area contributed by atoms with E-state index in [0.717, 1.165) is 5.56 Å². The quantitative estimate of drug-likeness (QED) is 0.493. The van der Waals surface area contributed by atoms with E-state index >= 15 is 0 Å². The Hall–Kier alpha value is -2.81. The minimum atomic E-state index is -3.63. The molecule has 6 nitrogen and oxygen atoms in total. The van der Waals surface area contributed by atoms with Crippen LogP contribution >= 0.6 is 11.3 Å². The number of rotatable bonds is 6. The van der Waals surface area contributed by atoms with Crippen molar-refractivity contribution >= 4 is 33.1 Å². The highest BCUT2D eigenvalue weighted by atomic mass is 32.2. The van der Waals surface area contributed by atoms with E-state index in [1.54, 1.807) is 53.4 Å². The fourth-order valence-corrected chi connectivity index (χ4v) is 5.98. The van der Waals surface area contributed by atoms with Crippen LogP contribution in [-0.4, -0.2) is 55.5 Å². The third kappa shape index (κ3) is 4.78. The van der Waals surface area contributed by atoms with E-state index < -0.39 is 10.0 Å². The van der Waals surface area contributed by atoms with Crippen LogP contribution in [-0.2, 0) is 10.0 Å². The molecule has 0 radical (unpaired) electrons. The van der Waals surface area contributed by atoms with Crippen LogP contribution in [0.15, 0.2) is 70.9 Å². The second-order valence-corrected chi connectivity index (χ2v) is 11.2. The molecule has 8 heteroatoms. The van der Waals surface area contributed by atoms with Crippen LogP contribution < -0.4 is 0 Å². The Morgan fingerprint density at radius 3 is 2.06 bits per heavy atom. The highest BCUT2D eigenvalue weighted by Crippen LogP contribution is 2.23. The summed E-state index contributed by atoms with van der Waals surface area (Å²) in [6.45, 7) is 5.08. The van der Waals surface area contributed by atoms with Crippen LogP contribution in [0.25, 0.3) is 0 Å². The maximum absolute atomic E-state index is 13.2. The number of carbonyl (C=O) groups is 2. The zero-order valence-electron chi connectivity index (χ0n) is 18.6. The summed E-state index contributed by atoms with van der Waals surface area (Å²) in [6, 6.07) is 17.3. The minimum Gasteiger partial charge on any atom is -0.336 e. The van der Waals surface area contributed by atoms with Crippen molar-refractivity contribution in [3.63, 3.8) is 0 Å². The fraction of sp³-hybridized carbons (Fsp3) is 0.280. The van der Waals surface area contributed by atoms with Gasteiger partial charge in [0.05, 0.1) is 15.3 Å². The Morgan fingerprint density at radius 1 is 0.848 bits per heavy atom. The average Bonchev–Trinajstić information content (AvgIpc) is 3.38. The lowest BCUT2D eigenvalue weighted by Gasteiger charge is -2.34. The van der Waals surface area contributed by atoms with Gasteiger partial charge in [-0.25, -0.2) is 8.42 Å². The lowest BCUT2D eigenvalue weighted by atomic mass is 10.0. The third-order valence-corrected chi connectivity index (χ3v) is 8.64. The number of nitrogens with zero attached hydrogens (tertiary/aromatic N) is 2. The molecule has 1 saturated heterocycles. The Labute approximate surface area is 198 Å². The van der Waals surface area contributed by atoms with Gasteiger partial charge in [-0.2, -0.15) is 4.31 Å². The Kier molecular flexibility index (Phi) is 6.78. The lowest BCUT2D eigenvalue weighted by molar-refractivity contribution is 0.0694. The summed E-state index contributed by atoms with van der Waals surface area (Å²) >= 11 is 1.34. The molecule has 0 N–H and O–H groups in total. The number of sulfonamides is 1. The molecule has 33 heavy (non-hydrogen) atoms. The van der Waals surface area contributed by atoms with E-state index in [4.69, 9.17) is 0 Å². The Balaban J connectivity index is 1.47. The predicted molar refractivity (Wildman–Crippen MR) is 129 cm³/mol. The number of hydrogen-bond donors (Lipinski definition) is 0. The van der Waals surface area contributed by atoms with Crippen LogP contribution in [0.3, 0.4) is 0 Å². The summed E-state index contributed by atoms with van der Waals surface area (Å²) < 4.78 is 27.6. The van der Waals surface area contributed by atoms with Crippen LogP contribution in [0.2, 0.25) is 0 Å². The van der Waals surface area contributed by atoms with Crippen molar-refractivity contribution in [2.75, 3.05) is 26.2 Å². The molecule has 0 atom stereocenters. The monoisotopic (exact) mass is 482 g/mol. The third-order valence-electron chi connectivity index (χ3n) is 5.86. The SMILES string of the molecule is CC(C)c1ccc(S(=O)(=O)N2CCN(C(=O)c3ccccc3C(=O)c3cccs3)CC2)cc1. The molecule has 0 aliphatic carbocycles. The van der Waals surface area contributed by atoms with Crippen molar-refractivity contribution < 1.29 is 18.0 Å². The van der Waals surface area contributed by atoms with Crippen molar-refractivity contribution in [3.05, 3.63) is 87.6 Å². The van der Waals surface area contributed by atoms with Crippen LogP contribution in [0, 0.1) is 0 Å². The molecular formula is C25H26N2O4S2. The molecule has 3 aromatic rings. The van der Waals surface area contributed by atoms with E-state index in [1.165, 1.54) is 15.6 Å². The number of amides is 1. The van der Waals surface area contributed by atoms with E-state index in [-0.39, 0.29) is 42.8 Å². The Morgan fingerprint density at radius 2 is 1.48 bits per heavy atom. The molecule has 1 aliphatic rings. The minimum absolute atomic E-state index is 0.181. The van der Waals surface area contributed by atoms with Gasteiger partial charge in [0.1, 0.15) is 0 Å². The second kappa shape index (κ2) is 9.59.